The van der Waals surface area contributed by atoms with Crippen LogP contribution < -0.4 is 5.32 Å². The van der Waals surface area contributed by atoms with Crippen LogP contribution in [0, 0.1) is 5.92 Å². The minimum absolute atomic E-state index is 0.540. The second-order valence-electron chi connectivity index (χ2n) is 6.13. The largest absolute Gasteiger partial charge is 0.330 e. The number of nitrogens with zero attached hydrogens (tertiary/aromatic N) is 3. The summed E-state index contributed by atoms with van der Waals surface area (Å²) < 4.78 is 2.41. The van der Waals surface area contributed by atoms with Crippen LogP contribution >= 0.6 is 0 Å². The van der Waals surface area contributed by atoms with Gasteiger partial charge in [-0.3, -0.25) is 0 Å². The molecular formula is C14H26N4. The summed E-state index contributed by atoms with van der Waals surface area (Å²) in [6.07, 6.45) is 5.28. The van der Waals surface area contributed by atoms with Crippen LogP contribution in [0.4, 0.5) is 0 Å². The number of hydrogen-bond donors (Lipinski definition) is 1. The Hall–Kier alpha value is -0.870. The van der Waals surface area contributed by atoms with Crippen LogP contribution in [0.3, 0.4) is 0 Å². The molecule has 0 radical (unpaired) electrons. The zero-order valence-electron chi connectivity index (χ0n) is 12.1. The van der Waals surface area contributed by atoms with Crippen LogP contribution in [0.25, 0.3) is 0 Å². The maximum absolute atomic E-state index is 4.38. The number of likely N-dealkylation sites (N-methyl/N-ethyl adjacent to an activating group) is 1. The number of rotatable bonds is 6. The molecular weight excluding hydrogens is 224 g/mol. The van der Waals surface area contributed by atoms with E-state index in [0.717, 1.165) is 19.6 Å². The molecule has 2 heterocycles. The SMILES string of the molecule is CC(C)CC(CN(C)C)n1cncc1C1CNC1. The predicted octanol–water partition coefficient (Wildman–Crippen LogP) is 1.72. The van der Waals surface area contributed by atoms with Gasteiger partial charge in [-0.2, -0.15) is 0 Å². The maximum atomic E-state index is 4.38. The molecule has 0 aromatic carbocycles. The lowest BCUT2D eigenvalue weighted by Gasteiger charge is -2.32. The van der Waals surface area contributed by atoms with Crippen molar-refractivity contribution in [1.82, 2.24) is 19.8 Å². The monoisotopic (exact) mass is 250 g/mol. The molecule has 102 valence electrons. The molecule has 1 aromatic rings. The number of imidazole rings is 1. The van der Waals surface area contributed by atoms with E-state index in [-0.39, 0.29) is 0 Å². The number of nitrogens with one attached hydrogen (secondary N) is 1. The Morgan fingerprint density at radius 2 is 2.17 bits per heavy atom. The van der Waals surface area contributed by atoms with E-state index >= 15 is 0 Å². The van der Waals surface area contributed by atoms with E-state index in [4.69, 9.17) is 0 Å². The van der Waals surface area contributed by atoms with Gasteiger partial charge in [0.25, 0.3) is 0 Å². The third-order valence-corrected chi connectivity index (χ3v) is 3.61. The first-order valence-electron chi connectivity index (χ1n) is 6.95. The third-order valence-electron chi connectivity index (χ3n) is 3.61. The quantitative estimate of drug-likeness (QED) is 0.834. The van der Waals surface area contributed by atoms with Crippen molar-refractivity contribution in [2.45, 2.75) is 32.2 Å². The standard InChI is InChI=1S/C14H26N4/c1-11(2)5-13(9-17(3)4)18-10-16-8-14(18)12-6-15-7-12/h8,10-13,15H,5-7,9H2,1-4H3. The van der Waals surface area contributed by atoms with E-state index in [1.54, 1.807) is 0 Å². The van der Waals surface area contributed by atoms with Crippen molar-refractivity contribution in [1.29, 1.82) is 0 Å². The molecule has 4 heteroatoms. The van der Waals surface area contributed by atoms with E-state index in [0.29, 0.717) is 17.9 Å². The molecule has 1 aliphatic rings. The van der Waals surface area contributed by atoms with Gasteiger partial charge in [-0.1, -0.05) is 13.8 Å². The van der Waals surface area contributed by atoms with Crippen molar-refractivity contribution in [3.63, 3.8) is 0 Å². The van der Waals surface area contributed by atoms with Gasteiger partial charge < -0.3 is 14.8 Å². The van der Waals surface area contributed by atoms with Crippen molar-refractivity contribution in [3.8, 4) is 0 Å². The van der Waals surface area contributed by atoms with E-state index in [1.165, 1.54) is 12.1 Å². The molecule has 4 nitrogen and oxygen atoms in total. The second kappa shape index (κ2) is 5.85. The molecule has 1 saturated heterocycles. The Bertz CT molecular complexity index is 356. The molecule has 0 aliphatic carbocycles. The highest BCUT2D eigenvalue weighted by atomic mass is 15.2. The van der Waals surface area contributed by atoms with Crippen LogP contribution in [0.15, 0.2) is 12.5 Å². The zero-order chi connectivity index (χ0) is 13.1. The molecule has 0 saturated carbocycles. The van der Waals surface area contributed by atoms with Crippen molar-refractivity contribution in [2.24, 2.45) is 5.92 Å². The summed E-state index contributed by atoms with van der Waals surface area (Å²) in [5.41, 5.74) is 1.40. The highest BCUT2D eigenvalue weighted by Gasteiger charge is 2.25. The summed E-state index contributed by atoms with van der Waals surface area (Å²) in [6.45, 7) is 7.88. The average Bonchev–Trinajstić information content (AvgIpc) is 2.61. The number of hydrogen-bond acceptors (Lipinski definition) is 3. The smallest absolute Gasteiger partial charge is 0.0951 e. The van der Waals surface area contributed by atoms with Crippen molar-refractivity contribution < 1.29 is 0 Å². The molecule has 1 atom stereocenters. The van der Waals surface area contributed by atoms with Gasteiger partial charge in [0.05, 0.1) is 6.33 Å². The van der Waals surface area contributed by atoms with Crippen LogP contribution in [0.2, 0.25) is 0 Å². The van der Waals surface area contributed by atoms with Gasteiger partial charge in [0.1, 0.15) is 0 Å². The second-order valence-corrected chi connectivity index (χ2v) is 6.13. The van der Waals surface area contributed by atoms with Crippen LogP contribution in [0.1, 0.15) is 37.9 Å². The van der Waals surface area contributed by atoms with E-state index in [2.05, 4.69) is 53.9 Å². The fourth-order valence-electron chi connectivity index (χ4n) is 2.68. The van der Waals surface area contributed by atoms with Gasteiger partial charge >= 0.3 is 0 Å². The first-order valence-corrected chi connectivity index (χ1v) is 6.95. The highest BCUT2D eigenvalue weighted by molar-refractivity contribution is 5.13. The Kier molecular flexibility index (Phi) is 4.40. The number of aromatic nitrogens is 2. The minimum Gasteiger partial charge on any atom is -0.330 e. The molecule has 1 N–H and O–H groups in total. The lowest BCUT2D eigenvalue weighted by atomic mass is 9.97. The first-order chi connectivity index (χ1) is 8.58. The minimum atomic E-state index is 0.540. The van der Waals surface area contributed by atoms with E-state index < -0.39 is 0 Å². The highest BCUT2D eigenvalue weighted by Crippen LogP contribution is 2.26. The van der Waals surface area contributed by atoms with Gasteiger partial charge in [-0.05, 0) is 26.4 Å². The Balaban J connectivity index is 2.15. The fourth-order valence-corrected chi connectivity index (χ4v) is 2.68. The van der Waals surface area contributed by atoms with E-state index in [1.807, 2.05) is 6.33 Å². The summed E-state index contributed by atoms with van der Waals surface area (Å²) >= 11 is 0. The normalized spacial score (nSPS) is 18.3. The van der Waals surface area contributed by atoms with Gasteiger partial charge in [0, 0.05) is 43.5 Å². The summed E-state index contributed by atoms with van der Waals surface area (Å²) in [5.74, 6) is 1.37. The topological polar surface area (TPSA) is 33.1 Å². The van der Waals surface area contributed by atoms with Gasteiger partial charge in [0.15, 0.2) is 0 Å². The fraction of sp³-hybridized carbons (Fsp3) is 0.786. The lowest BCUT2D eigenvalue weighted by Crippen LogP contribution is -2.41. The van der Waals surface area contributed by atoms with Crippen LogP contribution in [0.5, 0.6) is 0 Å². The third kappa shape index (κ3) is 3.12. The molecule has 2 rings (SSSR count). The summed E-state index contributed by atoms with van der Waals surface area (Å²) in [7, 11) is 4.30. The molecule has 1 aromatic heterocycles. The average molecular weight is 250 g/mol. The molecule has 18 heavy (non-hydrogen) atoms. The summed E-state index contributed by atoms with van der Waals surface area (Å²) in [4.78, 5) is 6.65. The van der Waals surface area contributed by atoms with Crippen molar-refractivity contribution in [2.75, 3.05) is 33.7 Å². The Morgan fingerprint density at radius 1 is 1.44 bits per heavy atom. The summed E-state index contributed by atoms with van der Waals surface area (Å²) in [6, 6.07) is 0.540. The van der Waals surface area contributed by atoms with Gasteiger partial charge in [-0.15, -0.1) is 0 Å². The van der Waals surface area contributed by atoms with Gasteiger partial charge in [-0.25, -0.2) is 4.98 Å². The molecule has 0 bridgehead atoms. The maximum Gasteiger partial charge on any atom is 0.0951 e. The summed E-state index contributed by atoms with van der Waals surface area (Å²) in [5, 5.41) is 3.35. The predicted molar refractivity (Wildman–Crippen MR) is 74.9 cm³/mol. The molecule has 0 spiro atoms. The molecule has 0 amide bonds. The molecule has 1 fully saturated rings. The molecule has 1 aliphatic heterocycles. The van der Waals surface area contributed by atoms with Crippen LogP contribution in [-0.4, -0.2) is 48.2 Å². The van der Waals surface area contributed by atoms with Gasteiger partial charge in [0.2, 0.25) is 0 Å². The Morgan fingerprint density at radius 3 is 2.67 bits per heavy atom. The first kappa shape index (κ1) is 13.6. The zero-order valence-corrected chi connectivity index (χ0v) is 12.1. The van der Waals surface area contributed by atoms with Crippen molar-refractivity contribution in [3.05, 3.63) is 18.2 Å². The Labute approximate surface area is 110 Å². The van der Waals surface area contributed by atoms with Crippen molar-refractivity contribution >= 4 is 0 Å². The van der Waals surface area contributed by atoms with E-state index in [9.17, 15) is 0 Å². The lowest BCUT2D eigenvalue weighted by molar-refractivity contribution is 0.277. The molecule has 1 unspecified atom stereocenters. The van der Waals surface area contributed by atoms with Crippen LogP contribution in [-0.2, 0) is 0 Å².